The number of thioether (sulfide) groups is 1. The molecule has 0 aliphatic carbocycles. The summed E-state index contributed by atoms with van der Waals surface area (Å²) >= 11 is 1.46. The number of nitrogens with zero attached hydrogens (tertiary/aromatic N) is 2. The van der Waals surface area contributed by atoms with E-state index in [0.717, 1.165) is 11.1 Å². The first-order valence-corrected chi connectivity index (χ1v) is 11.2. The lowest BCUT2D eigenvalue weighted by molar-refractivity contribution is -0.384. The van der Waals surface area contributed by atoms with Crippen LogP contribution in [0.1, 0.15) is 37.9 Å². The van der Waals surface area contributed by atoms with Gasteiger partial charge in [-0.3, -0.25) is 10.1 Å². The van der Waals surface area contributed by atoms with Gasteiger partial charge in [-0.1, -0.05) is 42.1 Å². The highest BCUT2D eigenvalue weighted by atomic mass is 32.2. The molecule has 168 valence electrons. The van der Waals surface area contributed by atoms with Gasteiger partial charge in [0, 0.05) is 29.1 Å². The molecule has 0 saturated heterocycles. The molecule has 1 heterocycles. The number of rotatable bonds is 8. The number of ether oxygens (including phenoxy) is 2. The number of non-ortho nitro benzene ring substituents is 1. The number of nitro benzene ring substituents is 1. The number of nitro groups is 1. The largest absolute Gasteiger partial charge is 0.494 e. The maximum absolute atomic E-state index is 12.7. The zero-order chi connectivity index (χ0) is 23.1. The maximum atomic E-state index is 12.7. The molecule has 0 unspecified atom stereocenters. The fourth-order valence-electron chi connectivity index (χ4n) is 3.28. The Labute approximate surface area is 190 Å². The van der Waals surface area contributed by atoms with Crippen LogP contribution in [0.25, 0.3) is 0 Å². The van der Waals surface area contributed by atoms with Gasteiger partial charge in [0.15, 0.2) is 5.17 Å². The number of para-hydroxylation sites is 1. The highest BCUT2D eigenvalue weighted by Crippen LogP contribution is 2.38. The van der Waals surface area contributed by atoms with Crippen LogP contribution in [-0.2, 0) is 15.3 Å². The number of amidine groups is 1. The van der Waals surface area contributed by atoms with Gasteiger partial charge in [0.1, 0.15) is 11.8 Å². The van der Waals surface area contributed by atoms with Crippen LogP contribution in [0.3, 0.4) is 0 Å². The molecule has 1 N–H and O–H groups in total. The van der Waals surface area contributed by atoms with E-state index in [1.54, 1.807) is 19.1 Å². The zero-order valence-electron chi connectivity index (χ0n) is 18.2. The van der Waals surface area contributed by atoms with Gasteiger partial charge in [0.05, 0.1) is 23.7 Å². The number of benzene rings is 2. The van der Waals surface area contributed by atoms with E-state index in [-0.39, 0.29) is 12.3 Å². The lowest BCUT2D eigenvalue weighted by atomic mass is 9.96. The molecule has 3 rings (SSSR count). The van der Waals surface area contributed by atoms with Crippen LogP contribution in [0, 0.1) is 10.1 Å². The lowest BCUT2D eigenvalue weighted by Gasteiger charge is -2.27. The van der Waals surface area contributed by atoms with Crippen LogP contribution >= 0.6 is 11.8 Å². The molecule has 0 saturated carbocycles. The third kappa shape index (κ3) is 5.47. The van der Waals surface area contributed by atoms with E-state index in [9.17, 15) is 14.9 Å². The molecule has 1 aliphatic rings. The van der Waals surface area contributed by atoms with Crippen LogP contribution in [-0.4, -0.2) is 29.3 Å². The summed E-state index contributed by atoms with van der Waals surface area (Å²) in [6.07, 6.45) is 0. The molecule has 2 aromatic rings. The quantitative estimate of drug-likeness (QED) is 0.348. The minimum atomic E-state index is -0.572. The van der Waals surface area contributed by atoms with Gasteiger partial charge in [-0.15, -0.1) is 0 Å². The third-order valence-corrected chi connectivity index (χ3v) is 5.71. The van der Waals surface area contributed by atoms with E-state index in [1.807, 2.05) is 38.1 Å². The molecule has 0 spiro atoms. The first-order valence-electron chi connectivity index (χ1n) is 10.2. The number of allylic oxidation sites excluding steroid dienone is 1. The van der Waals surface area contributed by atoms with Crippen molar-refractivity contribution in [1.29, 1.82) is 0 Å². The van der Waals surface area contributed by atoms with E-state index in [1.165, 1.54) is 23.9 Å². The molecule has 0 radical (unpaired) electrons. The van der Waals surface area contributed by atoms with Gasteiger partial charge in [0.25, 0.3) is 5.69 Å². The minimum Gasteiger partial charge on any atom is -0.494 e. The smallest absolute Gasteiger partial charge is 0.338 e. The Bertz CT molecular complexity index is 1050. The van der Waals surface area contributed by atoms with Crippen molar-refractivity contribution in [3.8, 4) is 5.75 Å². The Morgan fingerprint density at radius 3 is 2.53 bits per heavy atom. The van der Waals surface area contributed by atoms with Crippen LogP contribution in [0.15, 0.2) is 64.8 Å². The molecular formula is C23H25N3O5S. The van der Waals surface area contributed by atoms with Crippen molar-refractivity contribution in [2.24, 2.45) is 4.99 Å². The van der Waals surface area contributed by atoms with Crippen molar-refractivity contribution in [3.05, 3.63) is 81.0 Å². The van der Waals surface area contributed by atoms with Crippen molar-refractivity contribution < 1.29 is 19.2 Å². The second kappa shape index (κ2) is 10.8. The van der Waals surface area contributed by atoms with E-state index < -0.39 is 16.9 Å². The van der Waals surface area contributed by atoms with Gasteiger partial charge in [-0.2, -0.15) is 0 Å². The maximum Gasteiger partial charge on any atom is 0.338 e. The second-order valence-corrected chi connectivity index (χ2v) is 7.87. The van der Waals surface area contributed by atoms with Crippen molar-refractivity contribution in [1.82, 2.24) is 5.32 Å². The Morgan fingerprint density at radius 2 is 1.88 bits per heavy atom. The first kappa shape index (κ1) is 23.3. The number of nitrogens with one attached hydrogen (secondary N) is 1. The Morgan fingerprint density at radius 1 is 1.16 bits per heavy atom. The molecule has 1 aliphatic heterocycles. The molecule has 0 aromatic heterocycles. The van der Waals surface area contributed by atoms with Crippen molar-refractivity contribution in [2.75, 3.05) is 13.2 Å². The summed E-state index contributed by atoms with van der Waals surface area (Å²) in [6, 6.07) is 13.4. The van der Waals surface area contributed by atoms with Crippen molar-refractivity contribution in [2.45, 2.75) is 32.6 Å². The first-order chi connectivity index (χ1) is 15.4. The summed E-state index contributed by atoms with van der Waals surface area (Å²) in [5.41, 5.74) is 2.87. The summed E-state index contributed by atoms with van der Waals surface area (Å²) in [4.78, 5) is 28.0. The summed E-state index contributed by atoms with van der Waals surface area (Å²) < 4.78 is 11.1. The highest BCUT2D eigenvalue weighted by Gasteiger charge is 2.32. The highest BCUT2D eigenvalue weighted by molar-refractivity contribution is 8.13. The number of carbonyl (C=O) groups excluding carboxylic acids is 1. The summed E-state index contributed by atoms with van der Waals surface area (Å²) in [5.74, 6) is 0.808. The van der Waals surface area contributed by atoms with Gasteiger partial charge in [-0.05, 0) is 32.4 Å². The zero-order valence-corrected chi connectivity index (χ0v) is 19.0. The van der Waals surface area contributed by atoms with Crippen LogP contribution in [0.2, 0.25) is 0 Å². The molecule has 2 aromatic carbocycles. The third-order valence-electron chi connectivity index (χ3n) is 4.75. The van der Waals surface area contributed by atoms with Gasteiger partial charge >= 0.3 is 5.97 Å². The van der Waals surface area contributed by atoms with E-state index in [4.69, 9.17) is 14.5 Å². The van der Waals surface area contributed by atoms with Crippen LogP contribution in [0.4, 0.5) is 5.69 Å². The molecule has 32 heavy (non-hydrogen) atoms. The molecule has 0 bridgehead atoms. The lowest BCUT2D eigenvalue weighted by Crippen LogP contribution is -2.30. The average molecular weight is 456 g/mol. The number of hydrogen-bond donors (Lipinski definition) is 1. The second-order valence-electron chi connectivity index (χ2n) is 6.90. The topological polar surface area (TPSA) is 103 Å². The molecule has 1 atom stereocenters. The Hall–Kier alpha value is -3.33. The fraction of sp³-hybridized carbons (Fsp3) is 0.304. The molecular weight excluding hydrogens is 430 g/mol. The van der Waals surface area contributed by atoms with Crippen LogP contribution < -0.4 is 10.1 Å². The van der Waals surface area contributed by atoms with Gasteiger partial charge in [0.2, 0.25) is 0 Å². The molecule has 8 nitrogen and oxygen atoms in total. The SMILES string of the molecule is CCOC(=O)C1=C(C)NC(SCc2ccc([N+](=O)[O-])cc2)=N[C@@H]1c1ccccc1OCC. The predicted octanol–water partition coefficient (Wildman–Crippen LogP) is 4.76. The molecule has 0 amide bonds. The monoisotopic (exact) mass is 455 g/mol. The standard InChI is InChI=1S/C23H25N3O5S/c1-4-30-19-9-7-6-8-18(19)21-20(22(27)31-5-2)15(3)24-23(25-21)32-14-16-10-12-17(13-11-16)26(28)29/h6-13,21H,4-5,14H2,1-3H3,(H,24,25)/t21-/m1/s1. The Balaban J connectivity index is 1.89. The van der Waals surface area contributed by atoms with Gasteiger partial charge in [-0.25, -0.2) is 9.79 Å². The number of esters is 1. The van der Waals surface area contributed by atoms with Gasteiger partial charge < -0.3 is 14.8 Å². The van der Waals surface area contributed by atoms with E-state index in [0.29, 0.717) is 34.5 Å². The average Bonchev–Trinajstić information content (AvgIpc) is 2.78. The molecule has 9 heteroatoms. The van der Waals surface area contributed by atoms with Crippen molar-refractivity contribution in [3.63, 3.8) is 0 Å². The number of hydrogen-bond acceptors (Lipinski definition) is 8. The number of aliphatic imine (C=N–C) groups is 1. The minimum absolute atomic E-state index is 0.0531. The summed E-state index contributed by atoms with van der Waals surface area (Å²) in [7, 11) is 0. The predicted molar refractivity (Wildman–Crippen MR) is 125 cm³/mol. The van der Waals surface area contributed by atoms with E-state index >= 15 is 0 Å². The Kier molecular flexibility index (Phi) is 7.88. The summed E-state index contributed by atoms with van der Waals surface area (Å²) in [6.45, 7) is 6.25. The van der Waals surface area contributed by atoms with E-state index in [2.05, 4.69) is 5.32 Å². The van der Waals surface area contributed by atoms with Crippen molar-refractivity contribution >= 4 is 28.6 Å². The summed E-state index contributed by atoms with van der Waals surface area (Å²) in [5, 5.41) is 14.7. The fourth-order valence-corrected chi connectivity index (χ4v) is 4.18. The number of carbonyl (C=O) groups is 1. The normalized spacial score (nSPS) is 15.6. The van der Waals surface area contributed by atoms with Crippen LogP contribution in [0.5, 0.6) is 5.75 Å². The molecule has 0 fully saturated rings.